The molecule has 2 heterocycles. The molecule has 1 aromatic heterocycles. The molecule has 184 valence electrons. The fourth-order valence-corrected chi connectivity index (χ4v) is 5.51. The summed E-state index contributed by atoms with van der Waals surface area (Å²) in [6.45, 7) is 0.248. The average Bonchev–Trinajstić information content (AvgIpc) is 2.87. The van der Waals surface area contributed by atoms with Gasteiger partial charge in [-0.15, -0.1) is 0 Å². The van der Waals surface area contributed by atoms with E-state index >= 15 is 0 Å². The number of aromatic amines is 1. The van der Waals surface area contributed by atoms with Crippen LogP contribution in [0.3, 0.4) is 0 Å². The molecule has 1 aliphatic rings. The number of fused-ring (bicyclic) bond motifs is 1. The minimum Gasteiger partial charge on any atom is -0.495 e. The van der Waals surface area contributed by atoms with Crippen molar-refractivity contribution in [2.45, 2.75) is 24.2 Å². The lowest BCUT2D eigenvalue weighted by Crippen LogP contribution is -2.35. The van der Waals surface area contributed by atoms with E-state index in [1.807, 2.05) is 0 Å². The van der Waals surface area contributed by atoms with E-state index in [0.717, 1.165) is 25.3 Å². The number of sulfonamides is 1. The van der Waals surface area contributed by atoms with Gasteiger partial charge >= 0.3 is 5.97 Å². The van der Waals surface area contributed by atoms with Crippen LogP contribution in [0, 0.1) is 0 Å². The Kier molecular flexibility index (Phi) is 7.17. The number of methoxy groups -OCH3 is 1. The molecular formula is C24H25N3O7S. The van der Waals surface area contributed by atoms with Crippen LogP contribution in [0.1, 0.15) is 29.6 Å². The van der Waals surface area contributed by atoms with Gasteiger partial charge in [0.25, 0.3) is 5.91 Å². The summed E-state index contributed by atoms with van der Waals surface area (Å²) in [5.74, 6) is -1.28. The lowest BCUT2D eigenvalue weighted by atomic mass is 10.1. The van der Waals surface area contributed by atoms with Gasteiger partial charge in [-0.05, 0) is 37.1 Å². The molecule has 0 bridgehead atoms. The van der Waals surface area contributed by atoms with Crippen molar-refractivity contribution in [3.05, 3.63) is 64.4 Å². The highest BCUT2D eigenvalue weighted by Crippen LogP contribution is 2.30. The molecule has 4 rings (SSSR count). The molecule has 0 atom stereocenters. The SMILES string of the molecule is COc1ccc(S(=O)(=O)N2CCCCC2)cc1NC(=O)COC(=O)c1cc(=O)[nH]c2ccccc12. The fourth-order valence-electron chi connectivity index (χ4n) is 3.97. The second kappa shape index (κ2) is 10.3. The zero-order valence-corrected chi connectivity index (χ0v) is 19.9. The molecule has 0 spiro atoms. The molecule has 1 saturated heterocycles. The number of ether oxygens (including phenoxy) is 2. The zero-order chi connectivity index (χ0) is 25.0. The van der Waals surface area contributed by atoms with Gasteiger partial charge in [-0.25, -0.2) is 13.2 Å². The first-order valence-corrected chi connectivity index (χ1v) is 12.5. The number of piperidine rings is 1. The fraction of sp³-hybridized carbons (Fsp3) is 0.292. The molecule has 1 amide bonds. The number of anilines is 1. The lowest BCUT2D eigenvalue weighted by Gasteiger charge is -2.26. The molecule has 0 unspecified atom stereocenters. The van der Waals surface area contributed by atoms with E-state index in [0.29, 0.717) is 24.0 Å². The molecule has 0 saturated carbocycles. The Balaban J connectivity index is 1.49. The van der Waals surface area contributed by atoms with Gasteiger partial charge in [0, 0.05) is 30.1 Å². The number of pyridine rings is 1. The Morgan fingerprint density at radius 2 is 1.80 bits per heavy atom. The molecule has 2 N–H and O–H groups in total. The van der Waals surface area contributed by atoms with Gasteiger partial charge in [0.15, 0.2) is 6.61 Å². The summed E-state index contributed by atoms with van der Waals surface area (Å²) < 4.78 is 37.8. The van der Waals surface area contributed by atoms with Gasteiger partial charge in [0.05, 0.1) is 23.3 Å². The van der Waals surface area contributed by atoms with Crippen molar-refractivity contribution in [3.63, 3.8) is 0 Å². The summed E-state index contributed by atoms with van der Waals surface area (Å²) in [4.78, 5) is 39.7. The second-order valence-electron chi connectivity index (χ2n) is 8.04. The Hall–Kier alpha value is -3.70. The molecule has 11 heteroatoms. The molecule has 1 fully saturated rings. The highest BCUT2D eigenvalue weighted by molar-refractivity contribution is 7.89. The molecule has 1 aliphatic heterocycles. The van der Waals surface area contributed by atoms with Crippen LogP contribution in [0.2, 0.25) is 0 Å². The van der Waals surface area contributed by atoms with Crippen molar-refractivity contribution in [2.24, 2.45) is 0 Å². The van der Waals surface area contributed by atoms with E-state index in [1.165, 1.54) is 29.6 Å². The number of carbonyl (C=O) groups excluding carboxylic acids is 2. The van der Waals surface area contributed by atoms with E-state index in [4.69, 9.17) is 9.47 Å². The number of esters is 1. The highest BCUT2D eigenvalue weighted by Gasteiger charge is 2.27. The van der Waals surface area contributed by atoms with E-state index < -0.39 is 34.1 Å². The Bertz CT molecular complexity index is 1430. The van der Waals surface area contributed by atoms with Gasteiger partial charge in [-0.3, -0.25) is 9.59 Å². The highest BCUT2D eigenvalue weighted by atomic mass is 32.2. The third-order valence-electron chi connectivity index (χ3n) is 5.70. The number of hydrogen-bond donors (Lipinski definition) is 2. The van der Waals surface area contributed by atoms with E-state index in [2.05, 4.69) is 10.3 Å². The summed E-state index contributed by atoms with van der Waals surface area (Å²) in [6, 6.07) is 12.1. The predicted octanol–water partition coefficient (Wildman–Crippen LogP) is 2.51. The van der Waals surface area contributed by atoms with Crippen molar-refractivity contribution in [1.82, 2.24) is 9.29 Å². The number of carbonyl (C=O) groups is 2. The van der Waals surface area contributed by atoms with Crippen LogP contribution in [-0.2, 0) is 19.6 Å². The number of rotatable bonds is 7. The van der Waals surface area contributed by atoms with E-state index in [1.54, 1.807) is 24.3 Å². The quantitative estimate of drug-likeness (QED) is 0.477. The molecule has 0 aliphatic carbocycles. The molecule has 2 aromatic carbocycles. The van der Waals surface area contributed by atoms with Crippen LogP contribution < -0.4 is 15.6 Å². The third kappa shape index (κ3) is 5.36. The third-order valence-corrected chi connectivity index (χ3v) is 7.60. The van der Waals surface area contributed by atoms with Gasteiger partial charge in [0.1, 0.15) is 5.75 Å². The average molecular weight is 500 g/mol. The van der Waals surface area contributed by atoms with Crippen molar-refractivity contribution in [3.8, 4) is 5.75 Å². The van der Waals surface area contributed by atoms with Crippen molar-refractivity contribution >= 4 is 38.5 Å². The summed E-state index contributed by atoms with van der Waals surface area (Å²) in [5.41, 5.74) is 0.155. The van der Waals surface area contributed by atoms with Crippen LogP contribution in [-0.4, -0.2) is 56.4 Å². The molecule has 3 aromatic rings. The number of nitrogens with zero attached hydrogens (tertiary/aromatic N) is 1. The zero-order valence-electron chi connectivity index (χ0n) is 19.1. The minimum absolute atomic E-state index is 0.0301. The maximum Gasteiger partial charge on any atom is 0.339 e. The lowest BCUT2D eigenvalue weighted by molar-refractivity contribution is -0.119. The van der Waals surface area contributed by atoms with Crippen molar-refractivity contribution < 1.29 is 27.5 Å². The topological polar surface area (TPSA) is 135 Å². The van der Waals surface area contributed by atoms with Crippen LogP contribution >= 0.6 is 0 Å². The number of para-hydroxylation sites is 1. The number of benzene rings is 2. The molecule has 10 nitrogen and oxygen atoms in total. The number of H-pyrrole nitrogens is 1. The first-order chi connectivity index (χ1) is 16.8. The maximum absolute atomic E-state index is 13.0. The predicted molar refractivity (Wildman–Crippen MR) is 129 cm³/mol. The number of amides is 1. The van der Waals surface area contributed by atoms with Crippen LogP contribution in [0.15, 0.2) is 58.2 Å². The standard InChI is InChI=1S/C24H25N3O7S/c1-33-21-10-9-16(35(31,32)27-11-5-2-6-12-27)13-20(21)26-23(29)15-34-24(30)18-14-22(28)25-19-8-4-3-7-17(18)19/h3-4,7-10,13-14H,2,5-6,11-12,15H2,1H3,(H,25,28)(H,26,29). The van der Waals surface area contributed by atoms with E-state index in [9.17, 15) is 22.8 Å². The minimum atomic E-state index is -3.72. The number of nitrogens with one attached hydrogen (secondary N) is 2. The Morgan fingerprint density at radius 1 is 1.06 bits per heavy atom. The second-order valence-corrected chi connectivity index (χ2v) is 9.98. The summed E-state index contributed by atoms with van der Waals surface area (Å²) in [6.07, 6.45) is 2.58. The van der Waals surface area contributed by atoms with Crippen molar-refractivity contribution in [2.75, 3.05) is 32.1 Å². The van der Waals surface area contributed by atoms with Crippen LogP contribution in [0.25, 0.3) is 10.9 Å². The normalized spacial score (nSPS) is 14.4. The largest absolute Gasteiger partial charge is 0.495 e. The van der Waals surface area contributed by atoms with Gasteiger partial charge in [-0.2, -0.15) is 4.31 Å². The summed E-state index contributed by atoms with van der Waals surface area (Å²) >= 11 is 0. The summed E-state index contributed by atoms with van der Waals surface area (Å²) in [5, 5.41) is 3.02. The Labute approximate surface area is 201 Å². The number of aromatic nitrogens is 1. The monoisotopic (exact) mass is 499 g/mol. The van der Waals surface area contributed by atoms with E-state index in [-0.39, 0.29) is 21.9 Å². The van der Waals surface area contributed by atoms with Gasteiger partial charge in [-0.1, -0.05) is 24.6 Å². The van der Waals surface area contributed by atoms with Crippen molar-refractivity contribution in [1.29, 1.82) is 0 Å². The molecule has 0 radical (unpaired) electrons. The van der Waals surface area contributed by atoms with Crippen LogP contribution in [0.4, 0.5) is 5.69 Å². The van der Waals surface area contributed by atoms with Crippen LogP contribution in [0.5, 0.6) is 5.75 Å². The van der Waals surface area contributed by atoms with Gasteiger partial charge < -0.3 is 19.8 Å². The Morgan fingerprint density at radius 3 is 2.54 bits per heavy atom. The first-order valence-electron chi connectivity index (χ1n) is 11.1. The smallest absolute Gasteiger partial charge is 0.339 e. The van der Waals surface area contributed by atoms with Gasteiger partial charge in [0.2, 0.25) is 15.6 Å². The first kappa shape index (κ1) is 24.4. The summed E-state index contributed by atoms with van der Waals surface area (Å²) in [7, 11) is -2.33. The number of hydrogen-bond acceptors (Lipinski definition) is 7. The maximum atomic E-state index is 13.0. The molecular weight excluding hydrogens is 474 g/mol. The molecule has 35 heavy (non-hydrogen) atoms.